The summed E-state index contributed by atoms with van der Waals surface area (Å²) in [7, 11) is 0. The molecule has 0 radical (unpaired) electrons. The monoisotopic (exact) mass is 360 g/mol. The van der Waals surface area contributed by atoms with Crippen LogP contribution in [0.3, 0.4) is 0 Å². The van der Waals surface area contributed by atoms with Crippen LogP contribution in [0, 0.1) is 0 Å². The van der Waals surface area contributed by atoms with Crippen LogP contribution in [0.5, 0.6) is 0 Å². The Kier molecular flexibility index (Phi) is 6.62. The molecule has 0 saturated carbocycles. The van der Waals surface area contributed by atoms with E-state index < -0.39 is 49.7 Å². The van der Waals surface area contributed by atoms with Crippen molar-refractivity contribution in [3.8, 4) is 0 Å². The van der Waals surface area contributed by atoms with Crippen molar-refractivity contribution in [1.82, 2.24) is 0 Å². The third kappa shape index (κ3) is 4.90. The molecule has 0 bridgehead atoms. The maximum atomic E-state index is 13.2. The fourth-order valence-electron chi connectivity index (χ4n) is 1.72. The molecule has 0 aromatic carbocycles. The van der Waals surface area contributed by atoms with Crippen LogP contribution >= 0.6 is 0 Å². The molecule has 23 heavy (non-hydrogen) atoms. The van der Waals surface area contributed by atoms with E-state index >= 15 is 0 Å². The van der Waals surface area contributed by atoms with Gasteiger partial charge < -0.3 is 14.6 Å². The van der Waals surface area contributed by atoms with Crippen LogP contribution in [-0.2, 0) is 9.47 Å². The smallest absolute Gasteiger partial charge is 0.377 e. The van der Waals surface area contributed by atoms with Gasteiger partial charge in [-0.05, 0) is 12.8 Å². The summed E-state index contributed by atoms with van der Waals surface area (Å²) in [5.41, 5.74) is 0. The van der Waals surface area contributed by atoms with Gasteiger partial charge in [0, 0.05) is 6.42 Å². The van der Waals surface area contributed by atoms with Crippen molar-refractivity contribution < 1.29 is 49.7 Å². The fourth-order valence-corrected chi connectivity index (χ4v) is 1.72. The maximum absolute atomic E-state index is 13.2. The van der Waals surface area contributed by atoms with E-state index in [4.69, 9.17) is 14.6 Å². The molecule has 1 rings (SSSR count). The van der Waals surface area contributed by atoms with Crippen molar-refractivity contribution in [1.29, 1.82) is 0 Å². The lowest BCUT2D eigenvalue weighted by Gasteiger charge is -2.32. The highest BCUT2D eigenvalue weighted by Gasteiger charge is 2.74. The normalized spacial score (nSPS) is 20.9. The molecule has 0 aromatic heterocycles. The van der Waals surface area contributed by atoms with Gasteiger partial charge in [-0.25, -0.2) is 8.78 Å². The van der Waals surface area contributed by atoms with E-state index in [1.54, 1.807) is 0 Å². The molecule has 3 nitrogen and oxygen atoms in total. The SMILES string of the molecule is OCC(CCCC(F)(F)C(F)(F)C(F)(F)C(F)F)OCC1CO1. The summed E-state index contributed by atoms with van der Waals surface area (Å²) < 4.78 is 111. The zero-order valence-electron chi connectivity index (χ0n) is 11.8. The van der Waals surface area contributed by atoms with E-state index in [0.29, 0.717) is 6.61 Å². The zero-order valence-corrected chi connectivity index (χ0v) is 11.8. The average Bonchev–Trinajstić information content (AvgIpc) is 3.25. The van der Waals surface area contributed by atoms with Crippen molar-refractivity contribution in [2.75, 3.05) is 19.8 Å². The van der Waals surface area contributed by atoms with Gasteiger partial charge in [0.15, 0.2) is 0 Å². The summed E-state index contributed by atoms with van der Waals surface area (Å²) in [6, 6.07) is 0. The molecule has 2 unspecified atom stereocenters. The lowest BCUT2D eigenvalue weighted by Crippen LogP contribution is -2.57. The van der Waals surface area contributed by atoms with Gasteiger partial charge in [-0.15, -0.1) is 0 Å². The van der Waals surface area contributed by atoms with Crippen molar-refractivity contribution in [3.63, 3.8) is 0 Å². The van der Waals surface area contributed by atoms with Gasteiger partial charge in [0.2, 0.25) is 0 Å². The highest BCUT2D eigenvalue weighted by Crippen LogP contribution is 2.50. The number of halogens is 8. The molecular weight excluding hydrogens is 344 g/mol. The van der Waals surface area contributed by atoms with Gasteiger partial charge in [-0.1, -0.05) is 0 Å². The van der Waals surface area contributed by atoms with Crippen molar-refractivity contribution in [2.24, 2.45) is 0 Å². The predicted octanol–water partition coefficient (Wildman–Crippen LogP) is 3.10. The highest BCUT2D eigenvalue weighted by molar-refractivity contribution is 4.97. The van der Waals surface area contributed by atoms with Crippen LogP contribution in [0.4, 0.5) is 35.1 Å². The number of hydrogen-bond acceptors (Lipinski definition) is 3. The molecule has 1 fully saturated rings. The molecule has 1 saturated heterocycles. The van der Waals surface area contributed by atoms with E-state index in [9.17, 15) is 35.1 Å². The lowest BCUT2D eigenvalue weighted by molar-refractivity contribution is -0.339. The van der Waals surface area contributed by atoms with Gasteiger partial charge >= 0.3 is 24.2 Å². The molecule has 1 heterocycles. The first kappa shape index (κ1) is 20.4. The Morgan fingerprint density at radius 3 is 2.13 bits per heavy atom. The topological polar surface area (TPSA) is 42.0 Å². The summed E-state index contributed by atoms with van der Waals surface area (Å²) in [4.78, 5) is 0. The molecule has 0 aliphatic carbocycles. The van der Waals surface area contributed by atoms with E-state index in [2.05, 4.69) is 0 Å². The standard InChI is InChI=1S/C12H16F8O3/c13-9(14)11(17,18)12(19,20)10(15,16)3-1-2-7(4-21)22-5-8-6-23-8/h7-9,21H,1-6H2. The largest absolute Gasteiger partial charge is 0.394 e. The van der Waals surface area contributed by atoms with Crippen molar-refractivity contribution in [3.05, 3.63) is 0 Å². The Bertz CT molecular complexity index is 373. The summed E-state index contributed by atoms with van der Waals surface area (Å²) in [5, 5.41) is 8.93. The average molecular weight is 360 g/mol. The van der Waals surface area contributed by atoms with E-state index in [1.165, 1.54) is 0 Å². The Morgan fingerprint density at radius 2 is 1.70 bits per heavy atom. The molecule has 11 heteroatoms. The second kappa shape index (κ2) is 7.47. The third-order valence-electron chi connectivity index (χ3n) is 3.29. The minimum Gasteiger partial charge on any atom is -0.394 e. The minimum absolute atomic E-state index is 0.0707. The van der Waals surface area contributed by atoms with Crippen LogP contribution in [0.1, 0.15) is 19.3 Å². The first-order valence-corrected chi connectivity index (χ1v) is 6.71. The Morgan fingerprint density at radius 1 is 1.13 bits per heavy atom. The van der Waals surface area contributed by atoms with Crippen LogP contribution in [-0.4, -0.2) is 61.3 Å². The zero-order chi connectivity index (χ0) is 17.9. The highest BCUT2D eigenvalue weighted by atomic mass is 19.4. The molecule has 1 aliphatic heterocycles. The Hall–Kier alpha value is -0.680. The molecule has 0 amide bonds. The second-order valence-corrected chi connectivity index (χ2v) is 5.19. The number of rotatable bonds is 11. The van der Waals surface area contributed by atoms with Crippen molar-refractivity contribution >= 4 is 0 Å². The van der Waals surface area contributed by atoms with Gasteiger partial charge in [0.1, 0.15) is 6.10 Å². The van der Waals surface area contributed by atoms with E-state index in [-0.39, 0.29) is 19.1 Å². The van der Waals surface area contributed by atoms with Crippen LogP contribution in [0.25, 0.3) is 0 Å². The quantitative estimate of drug-likeness (QED) is 0.455. The number of hydrogen-bond donors (Lipinski definition) is 1. The Labute approximate surface area is 126 Å². The number of aliphatic hydroxyl groups excluding tert-OH is 1. The lowest BCUT2D eigenvalue weighted by atomic mass is 9.98. The molecule has 2 atom stereocenters. The fraction of sp³-hybridized carbons (Fsp3) is 1.00. The van der Waals surface area contributed by atoms with Crippen molar-refractivity contribution in [2.45, 2.75) is 55.7 Å². The second-order valence-electron chi connectivity index (χ2n) is 5.19. The number of ether oxygens (including phenoxy) is 2. The van der Waals surface area contributed by atoms with Gasteiger partial charge in [-0.2, -0.15) is 26.3 Å². The molecular formula is C12H16F8O3. The molecule has 1 N–H and O–H groups in total. The summed E-state index contributed by atoms with van der Waals surface area (Å²) in [6.07, 6.45) is -8.86. The van der Waals surface area contributed by atoms with Crippen LogP contribution in [0.15, 0.2) is 0 Å². The van der Waals surface area contributed by atoms with Crippen LogP contribution < -0.4 is 0 Å². The molecule has 0 spiro atoms. The molecule has 138 valence electrons. The van der Waals surface area contributed by atoms with Gasteiger partial charge in [-0.3, -0.25) is 0 Å². The van der Waals surface area contributed by atoms with Gasteiger partial charge in [0.05, 0.1) is 25.9 Å². The number of aliphatic hydroxyl groups is 1. The van der Waals surface area contributed by atoms with E-state index in [1.807, 2.05) is 0 Å². The maximum Gasteiger partial charge on any atom is 0.377 e. The predicted molar refractivity (Wildman–Crippen MR) is 61.3 cm³/mol. The minimum atomic E-state index is -6.19. The number of epoxide rings is 1. The molecule has 0 aromatic rings. The third-order valence-corrected chi connectivity index (χ3v) is 3.29. The summed E-state index contributed by atoms with van der Waals surface area (Å²) in [6.45, 7) is -0.0890. The van der Waals surface area contributed by atoms with E-state index in [0.717, 1.165) is 0 Å². The van der Waals surface area contributed by atoms with Crippen LogP contribution in [0.2, 0.25) is 0 Å². The van der Waals surface area contributed by atoms with Gasteiger partial charge in [0.25, 0.3) is 0 Å². The summed E-state index contributed by atoms with van der Waals surface area (Å²) in [5.74, 6) is -17.7. The molecule has 1 aliphatic rings. The number of alkyl halides is 8. The first-order chi connectivity index (χ1) is 10.5. The Balaban J connectivity index is 2.52. The summed E-state index contributed by atoms with van der Waals surface area (Å²) >= 11 is 0. The first-order valence-electron chi connectivity index (χ1n) is 6.71.